The number of carbonyl (C=O) groups excluding carboxylic acids is 1. The molecule has 4 rings (SSSR count). The van der Waals surface area contributed by atoms with Gasteiger partial charge in [0.1, 0.15) is 5.69 Å². The van der Waals surface area contributed by atoms with E-state index in [1.165, 1.54) is 16.8 Å². The molecule has 0 unspecified atom stereocenters. The lowest BCUT2D eigenvalue weighted by Gasteiger charge is -2.25. The minimum absolute atomic E-state index is 0.0941. The van der Waals surface area contributed by atoms with Gasteiger partial charge in [-0.1, -0.05) is 24.3 Å². The van der Waals surface area contributed by atoms with Crippen molar-refractivity contribution >= 4 is 22.5 Å². The highest BCUT2D eigenvalue weighted by Gasteiger charge is 2.31. The average molecular weight is 347 g/mol. The lowest BCUT2D eigenvalue weighted by molar-refractivity contribution is 0.0730. The zero-order chi connectivity index (χ0) is 18.3. The number of aromatic amines is 1. The van der Waals surface area contributed by atoms with Gasteiger partial charge in [0.2, 0.25) is 0 Å². The van der Waals surface area contributed by atoms with E-state index < -0.39 is 0 Å². The van der Waals surface area contributed by atoms with E-state index in [0.717, 1.165) is 30.3 Å². The third-order valence-electron chi connectivity index (χ3n) is 5.29. The largest absolute Gasteiger partial charge is 0.378 e. The molecule has 1 saturated heterocycles. The number of likely N-dealkylation sites (tertiary alicyclic amines) is 1. The molecular weight excluding hydrogens is 322 g/mol. The summed E-state index contributed by atoms with van der Waals surface area (Å²) in [6.07, 6.45) is 2.06. The number of rotatable bonds is 3. The summed E-state index contributed by atoms with van der Waals surface area (Å²) in [4.78, 5) is 20.6. The molecule has 0 saturated carbocycles. The number of amides is 1. The van der Waals surface area contributed by atoms with E-state index in [4.69, 9.17) is 0 Å². The number of aryl methyl sites for hydroxylation is 1. The molecule has 134 valence electrons. The van der Waals surface area contributed by atoms with Crippen LogP contribution in [0.15, 0.2) is 48.5 Å². The van der Waals surface area contributed by atoms with Crippen molar-refractivity contribution in [2.45, 2.75) is 25.8 Å². The molecule has 1 aliphatic heterocycles. The van der Waals surface area contributed by atoms with Gasteiger partial charge in [-0.15, -0.1) is 0 Å². The SMILES string of the molecule is Cc1ccc2cc(C(=O)N3CCC[C@H]3c3cccc(N(C)C)c3)[nH]c2c1. The predicted octanol–water partition coefficient (Wildman–Crippen LogP) is 4.52. The molecular formula is C22H25N3O. The second-order valence-electron chi connectivity index (χ2n) is 7.42. The quantitative estimate of drug-likeness (QED) is 0.756. The summed E-state index contributed by atoms with van der Waals surface area (Å²) >= 11 is 0. The molecule has 1 atom stereocenters. The van der Waals surface area contributed by atoms with Crippen LogP contribution >= 0.6 is 0 Å². The first-order chi connectivity index (χ1) is 12.5. The normalized spacial score (nSPS) is 17.0. The summed E-state index contributed by atoms with van der Waals surface area (Å²) < 4.78 is 0. The van der Waals surface area contributed by atoms with Crippen molar-refractivity contribution in [2.75, 3.05) is 25.5 Å². The van der Waals surface area contributed by atoms with Crippen LogP contribution in [0.2, 0.25) is 0 Å². The van der Waals surface area contributed by atoms with Crippen LogP contribution in [0.5, 0.6) is 0 Å². The van der Waals surface area contributed by atoms with Gasteiger partial charge in [-0.3, -0.25) is 4.79 Å². The molecule has 1 aromatic heterocycles. The van der Waals surface area contributed by atoms with Crippen LogP contribution in [-0.2, 0) is 0 Å². The highest BCUT2D eigenvalue weighted by Crippen LogP contribution is 2.34. The van der Waals surface area contributed by atoms with Gasteiger partial charge in [0, 0.05) is 37.2 Å². The van der Waals surface area contributed by atoms with Crippen molar-refractivity contribution < 1.29 is 4.79 Å². The lowest BCUT2D eigenvalue weighted by atomic mass is 10.0. The number of nitrogens with zero attached hydrogens (tertiary/aromatic N) is 2. The van der Waals surface area contributed by atoms with Crippen LogP contribution in [0.1, 0.15) is 40.5 Å². The maximum atomic E-state index is 13.2. The van der Waals surface area contributed by atoms with Crippen LogP contribution in [0.25, 0.3) is 10.9 Å². The van der Waals surface area contributed by atoms with Gasteiger partial charge in [-0.25, -0.2) is 0 Å². The molecule has 2 aromatic carbocycles. The fourth-order valence-corrected chi connectivity index (χ4v) is 3.88. The second-order valence-corrected chi connectivity index (χ2v) is 7.42. The van der Waals surface area contributed by atoms with Gasteiger partial charge in [0.05, 0.1) is 6.04 Å². The Labute approximate surface area is 154 Å². The van der Waals surface area contributed by atoms with E-state index in [9.17, 15) is 4.79 Å². The Hall–Kier alpha value is -2.75. The molecule has 4 heteroatoms. The number of carbonyl (C=O) groups is 1. The summed E-state index contributed by atoms with van der Waals surface area (Å²) in [5.41, 5.74) is 5.29. The summed E-state index contributed by atoms with van der Waals surface area (Å²) in [6.45, 7) is 2.88. The second kappa shape index (κ2) is 6.52. The Morgan fingerprint density at radius 1 is 1.15 bits per heavy atom. The fraction of sp³-hybridized carbons (Fsp3) is 0.318. The molecule has 2 heterocycles. The van der Waals surface area contributed by atoms with Gasteiger partial charge in [-0.2, -0.15) is 0 Å². The lowest BCUT2D eigenvalue weighted by Crippen LogP contribution is -2.30. The Bertz CT molecular complexity index is 957. The minimum atomic E-state index is 0.0941. The highest BCUT2D eigenvalue weighted by molar-refractivity contribution is 5.98. The monoisotopic (exact) mass is 347 g/mol. The van der Waals surface area contributed by atoms with Crippen molar-refractivity contribution in [3.63, 3.8) is 0 Å². The highest BCUT2D eigenvalue weighted by atomic mass is 16.2. The van der Waals surface area contributed by atoms with E-state index in [0.29, 0.717) is 5.69 Å². The topological polar surface area (TPSA) is 39.3 Å². The van der Waals surface area contributed by atoms with Gasteiger partial charge >= 0.3 is 0 Å². The molecule has 1 N–H and O–H groups in total. The van der Waals surface area contributed by atoms with E-state index in [-0.39, 0.29) is 11.9 Å². The third-order valence-corrected chi connectivity index (χ3v) is 5.29. The van der Waals surface area contributed by atoms with Crippen LogP contribution in [0.4, 0.5) is 5.69 Å². The molecule has 1 amide bonds. The number of hydrogen-bond donors (Lipinski definition) is 1. The number of aromatic nitrogens is 1. The molecule has 0 aliphatic carbocycles. The standard InChI is InChI=1S/C22H25N3O/c1-15-9-10-16-14-20(23-19(16)12-15)22(26)25-11-5-8-21(25)17-6-4-7-18(13-17)24(2)3/h4,6-7,9-10,12-14,21,23H,5,8,11H2,1-3H3/t21-/m0/s1. The Kier molecular flexibility index (Phi) is 4.19. The fourth-order valence-electron chi connectivity index (χ4n) is 3.88. The molecule has 3 aromatic rings. The summed E-state index contributed by atoms with van der Waals surface area (Å²) in [5, 5.41) is 1.09. The van der Waals surface area contributed by atoms with Crippen LogP contribution in [0.3, 0.4) is 0 Å². The summed E-state index contributed by atoms with van der Waals surface area (Å²) in [7, 11) is 4.09. The molecule has 0 spiro atoms. The summed E-state index contributed by atoms with van der Waals surface area (Å²) in [6, 6.07) is 16.9. The van der Waals surface area contributed by atoms with E-state index in [1.54, 1.807) is 0 Å². The maximum absolute atomic E-state index is 13.2. The first-order valence-corrected chi connectivity index (χ1v) is 9.20. The minimum Gasteiger partial charge on any atom is -0.378 e. The average Bonchev–Trinajstić information content (AvgIpc) is 3.27. The Morgan fingerprint density at radius 2 is 2.00 bits per heavy atom. The number of H-pyrrole nitrogens is 1. The van der Waals surface area contributed by atoms with Crippen molar-refractivity contribution in [1.82, 2.24) is 9.88 Å². The van der Waals surface area contributed by atoms with Crippen molar-refractivity contribution in [3.05, 3.63) is 65.4 Å². The predicted molar refractivity (Wildman–Crippen MR) is 107 cm³/mol. The Morgan fingerprint density at radius 3 is 2.81 bits per heavy atom. The van der Waals surface area contributed by atoms with Crippen molar-refractivity contribution in [2.24, 2.45) is 0 Å². The van der Waals surface area contributed by atoms with Gasteiger partial charge in [0.15, 0.2) is 0 Å². The zero-order valence-electron chi connectivity index (χ0n) is 15.6. The third kappa shape index (κ3) is 2.96. The zero-order valence-corrected chi connectivity index (χ0v) is 15.6. The van der Waals surface area contributed by atoms with Gasteiger partial charge in [0.25, 0.3) is 5.91 Å². The number of anilines is 1. The first-order valence-electron chi connectivity index (χ1n) is 9.20. The van der Waals surface area contributed by atoms with E-state index in [1.807, 2.05) is 25.1 Å². The van der Waals surface area contributed by atoms with Crippen LogP contribution in [-0.4, -0.2) is 36.4 Å². The first kappa shape index (κ1) is 16.7. The molecule has 0 bridgehead atoms. The van der Waals surface area contributed by atoms with Crippen molar-refractivity contribution in [1.29, 1.82) is 0 Å². The summed E-state index contributed by atoms with van der Waals surface area (Å²) in [5.74, 6) is 0.0941. The molecule has 1 fully saturated rings. The van der Waals surface area contributed by atoms with Crippen LogP contribution in [0, 0.1) is 6.92 Å². The molecule has 1 aliphatic rings. The Balaban J connectivity index is 1.65. The molecule has 4 nitrogen and oxygen atoms in total. The molecule has 26 heavy (non-hydrogen) atoms. The number of hydrogen-bond acceptors (Lipinski definition) is 2. The number of nitrogens with one attached hydrogen (secondary N) is 1. The molecule has 0 radical (unpaired) electrons. The van der Waals surface area contributed by atoms with E-state index >= 15 is 0 Å². The number of benzene rings is 2. The van der Waals surface area contributed by atoms with Crippen molar-refractivity contribution in [3.8, 4) is 0 Å². The van der Waals surface area contributed by atoms with E-state index in [2.05, 4.69) is 59.3 Å². The number of fused-ring (bicyclic) bond motifs is 1. The smallest absolute Gasteiger partial charge is 0.270 e. The van der Waals surface area contributed by atoms with Crippen LogP contribution < -0.4 is 4.90 Å². The van der Waals surface area contributed by atoms with Gasteiger partial charge in [-0.05, 0) is 55.2 Å². The van der Waals surface area contributed by atoms with Gasteiger partial charge < -0.3 is 14.8 Å². The maximum Gasteiger partial charge on any atom is 0.270 e.